The molecule has 114 valence electrons. The first-order valence-electron chi connectivity index (χ1n) is 6.77. The Bertz CT molecular complexity index is 640. The molecule has 0 amide bonds. The average Bonchev–Trinajstić information content (AvgIpc) is 2.65. The minimum Gasteiger partial charge on any atom is -0.438 e. The molecule has 2 aromatic rings. The Morgan fingerprint density at radius 2 is 2.14 bits per heavy atom. The van der Waals surface area contributed by atoms with Gasteiger partial charge in [0.2, 0.25) is 5.88 Å². The van der Waals surface area contributed by atoms with Crippen molar-refractivity contribution in [2.45, 2.75) is 33.4 Å². The van der Waals surface area contributed by atoms with Gasteiger partial charge < -0.3 is 10.1 Å². The quantitative estimate of drug-likeness (QED) is 0.843. The lowest BCUT2D eigenvalue weighted by molar-refractivity contribution is 0.420. The van der Waals surface area contributed by atoms with Crippen molar-refractivity contribution in [2.24, 2.45) is 7.05 Å². The summed E-state index contributed by atoms with van der Waals surface area (Å²) >= 11 is 9.43. The zero-order valence-corrected chi connectivity index (χ0v) is 14.9. The number of hydrogen-bond donors (Lipinski definition) is 1. The van der Waals surface area contributed by atoms with Crippen LogP contribution in [0.4, 0.5) is 0 Å². The van der Waals surface area contributed by atoms with E-state index >= 15 is 0 Å². The van der Waals surface area contributed by atoms with E-state index in [1.54, 1.807) is 10.7 Å². The molecule has 0 aliphatic carbocycles. The standard InChI is InChI=1S/C15H19BrClN3O/c1-9(2)18-8-12-10(3)19-20(4)15(12)21-14-6-5-11(17)7-13(14)16/h5-7,9,18H,8H2,1-4H3. The van der Waals surface area contributed by atoms with E-state index in [1.165, 1.54) is 0 Å². The van der Waals surface area contributed by atoms with Gasteiger partial charge in [0.15, 0.2) is 0 Å². The summed E-state index contributed by atoms with van der Waals surface area (Å²) in [6, 6.07) is 5.86. The van der Waals surface area contributed by atoms with Crippen LogP contribution < -0.4 is 10.1 Å². The fourth-order valence-electron chi connectivity index (χ4n) is 1.98. The number of halogens is 2. The van der Waals surface area contributed by atoms with Gasteiger partial charge in [-0.25, -0.2) is 4.68 Å². The molecule has 0 bridgehead atoms. The third-order valence-electron chi connectivity index (χ3n) is 3.08. The number of aryl methyl sites for hydroxylation is 2. The van der Waals surface area contributed by atoms with Crippen LogP contribution >= 0.6 is 27.5 Å². The van der Waals surface area contributed by atoms with E-state index < -0.39 is 0 Å². The zero-order chi connectivity index (χ0) is 15.6. The number of ether oxygens (including phenoxy) is 1. The Morgan fingerprint density at radius 3 is 2.76 bits per heavy atom. The highest BCUT2D eigenvalue weighted by atomic mass is 79.9. The number of aromatic nitrogens is 2. The second kappa shape index (κ2) is 6.81. The Morgan fingerprint density at radius 1 is 1.43 bits per heavy atom. The molecule has 21 heavy (non-hydrogen) atoms. The minimum atomic E-state index is 0.403. The van der Waals surface area contributed by atoms with Gasteiger partial charge in [-0.1, -0.05) is 25.4 Å². The van der Waals surface area contributed by atoms with Gasteiger partial charge in [-0.15, -0.1) is 0 Å². The number of benzene rings is 1. The van der Waals surface area contributed by atoms with Crippen molar-refractivity contribution in [1.29, 1.82) is 0 Å². The molecule has 0 aliphatic rings. The second-order valence-electron chi connectivity index (χ2n) is 5.21. The first kappa shape index (κ1) is 16.3. The van der Waals surface area contributed by atoms with Crippen LogP contribution in [0.2, 0.25) is 5.02 Å². The monoisotopic (exact) mass is 371 g/mol. The van der Waals surface area contributed by atoms with E-state index in [4.69, 9.17) is 16.3 Å². The molecule has 0 aliphatic heterocycles. The van der Waals surface area contributed by atoms with Gasteiger partial charge in [0.05, 0.1) is 15.7 Å². The van der Waals surface area contributed by atoms with Gasteiger partial charge in [-0.05, 0) is 41.1 Å². The van der Waals surface area contributed by atoms with Crippen LogP contribution in [0.25, 0.3) is 0 Å². The first-order valence-corrected chi connectivity index (χ1v) is 7.94. The van der Waals surface area contributed by atoms with Gasteiger partial charge >= 0.3 is 0 Å². The maximum atomic E-state index is 6.03. The summed E-state index contributed by atoms with van der Waals surface area (Å²) in [5, 5.41) is 8.51. The molecule has 0 saturated carbocycles. The molecule has 1 N–H and O–H groups in total. The zero-order valence-electron chi connectivity index (χ0n) is 12.6. The maximum absolute atomic E-state index is 6.03. The molecule has 1 heterocycles. The van der Waals surface area contributed by atoms with Crippen LogP contribution in [-0.2, 0) is 13.6 Å². The lowest BCUT2D eigenvalue weighted by Gasteiger charge is -2.12. The van der Waals surface area contributed by atoms with E-state index in [0.29, 0.717) is 16.8 Å². The van der Waals surface area contributed by atoms with Crippen molar-refractivity contribution in [1.82, 2.24) is 15.1 Å². The van der Waals surface area contributed by atoms with E-state index in [-0.39, 0.29) is 0 Å². The molecule has 1 aromatic carbocycles. The predicted molar refractivity (Wildman–Crippen MR) is 89.1 cm³/mol. The van der Waals surface area contributed by atoms with Crippen molar-refractivity contribution < 1.29 is 4.74 Å². The number of hydrogen-bond acceptors (Lipinski definition) is 3. The Kier molecular flexibility index (Phi) is 5.30. The molecule has 0 atom stereocenters. The molecule has 0 spiro atoms. The van der Waals surface area contributed by atoms with Gasteiger partial charge in [-0.2, -0.15) is 5.10 Å². The molecule has 0 radical (unpaired) electrons. The van der Waals surface area contributed by atoms with E-state index in [0.717, 1.165) is 28.2 Å². The summed E-state index contributed by atoms with van der Waals surface area (Å²) in [7, 11) is 1.88. The summed E-state index contributed by atoms with van der Waals surface area (Å²) in [5.74, 6) is 1.46. The summed E-state index contributed by atoms with van der Waals surface area (Å²) in [5.41, 5.74) is 2.03. The molecule has 6 heteroatoms. The Labute approximate surface area is 138 Å². The summed E-state index contributed by atoms with van der Waals surface area (Å²) in [4.78, 5) is 0. The highest BCUT2D eigenvalue weighted by Gasteiger charge is 2.16. The molecule has 0 fully saturated rings. The Hall–Kier alpha value is -1.04. The van der Waals surface area contributed by atoms with E-state index in [9.17, 15) is 0 Å². The molecule has 0 unspecified atom stereocenters. The van der Waals surface area contributed by atoms with Crippen LogP contribution in [0.3, 0.4) is 0 Å². The normalized spacial score (nSPS) is 11.2. The van der Waals surface area contributed by atoms with Gasteiger partial charge in [0.25, 0.3) is 0 Å². The van der Waals surface area contributed by atoms with Gasteiger partial charge in [0, 0.05) is 24.7 Å². The van der Waals surface area contributed by atoms with Crippen LogP contribution in [-0.4, -0.2) is 15.8 Å². The largest absolute Gasteiger partial charge is 0.438 e. The van der Waals surface area contributed by atoms with E-state index in [1.807, 2.05) is 26.1 Å². The summed E-state index contributed by atoms with van der Waals surface area (Å²) < 4.78 is 8.61. The molecular weight excluding hydrogens is 354 g/mol. The summed E-state index contributed by atoms with van der Waals surface area (Å²) in [6.45, 7) is 6.93. The molecular formula is C15H19BrClN3O. The fourth-order valence-corrected chi connectivity index (χ4v) is 2.74. The number of nitrogens with zero attached hydrogens (tertiary/aromatic N) is 2. The highest BCUT2D eigenvalue weighted by Crippen LogP contribution is 2.34. The third-order valence-corrected chi connectivity index (χ3v) is 3.93. The highest BCUT2D eigenvalue weighted by molar-refractivity contribution is 9.10. The SMILES string of the molecule is Cc1nn(C)c(Oc2ccc(Cl)cc2Br)c1CNC(C)C. The van der Waals surface area contributed by atoms with Crippen LogP contribution in [0, 0.1) is 6.92 Å². The first-order chi connectivity index (χ1) is 9.88. The summed E-state index contributed by atoms with van der Waals surface area (Å²) in [6.07, 6.45) is 0. The topological polar surface area (TPSA) is 39.1 Å². The van der Waals surface area contributed by atoms with Crippen molar-refractivity contribution >= 4 is 27.5 Å². The maximum Gasteiger partial charge on any atom is 0.222 e. The van der Waals surface area contributed by atoms with E-state index in [2.05, 4.69) is 40.2 Å². The van der Waals surface area contributed by atoms with Crippen LogP contribution in [0.1, 0.15) is 25.1 Å². The van der Waals surface area contributed by atoms with Crippen LogP contribution in [0.15, 0.2) is 22.7 Å². The lowest BCUT2D eigenvalue weighted by atomic mass is 10.2. The Balaban J connectivity index is 2.30. The predicted octanol–water partition coefficient (Wildman–Crippen LogP) is 4.43. The smallest absolute Gasteiger partial charge is 0.222 e. The molecule has 4 nitrogen and oxygen atoms in total. The van der Waals surface area contributed by atoms with Crippen molar-refractivity contribution in [3.8, 4) is 11.6 Å². The molecule has 2 rings (SSSR count). The van der Waals surface area contributed by atoms with Crippen LogP contribution in [0.5, 0.6) is 11.6 Å². The van der Waals surface area contributed by atoms with Crippen molar-refractivity contribution in [2.75, 3.05) is 0 Å². The number of nitrogens with one attached hydrogen (secondary N) is 1. The average molecular weight is 373 g/mol. The third kappa shape index (κ3) is 3.99. The van der Waals surface area contributed by atoms with Crippen molar-refractivity contribution in [3.05, 3.63) is 39.0 Å². The lowest BCUT2D eigenvalue weighted by Crippen LogP contribution is -2.22. The van der Waals surface area contributed by atoms with Crippen molar-refractivity contribution in [3.63, 3.8) is 0 Å². The fraction of sp³-hybridized carbons (Fsp3) is 0.400. The molecule has 0 saturated heterocycles. The minimum absolute atomic E-state index is 0.403. The van der Waals surface area contributed by atoms with Gasteiger partial charge in [-0.3, -0.25) is 0 Å². The number of rotatable bonds is 5. The van der Waals surface area contributed by atoms with Gasteiger partial charge in [0.1, 0.15) is 5.75 Å². The molecule has 1 aromatic heterocycles. The second-order valence-corrected chi connectivity index (χ2v) is 6.50.